The fourth-order valence-corrected chi connectivity index (χ4v) is 2.52. The third-order valence-corrected chi connectivity index (χ3v) is 3.49. The van der Waals surface area contributed by atoms with Gasteiger partial charge in [-0.15, -0.1) is 11.3 Å². The van der Waals surface area contributed by atoms with Gasteiger partial charge >= 0.3 is 0 Å². The third kappa shape index (κ3) is 2.80. The Morgan fingerprint density at radius 2 is 2.00 bits per heavy atom. The fourth-order valence-electron chi connectivity index (χ4n) is 1.96. The summed E-state index contributed by atoms with van der Waals surface area (Å²) in [6.07, 6.45) is 0.316. The molecule has 0 aliphatic heterocycles. The number of carbonyl (C=O) groups is 1. The lowest BCUT2D eigenvalue weighted by Crippen LogP contribution is -2.14. The molecule has 0 saturated heterocycles. The maximum atomic E-state index is 11.9. The standard InChI is InChI=1S/C15H12N2OS/c18-15(8-14-9-19-10-16-14)17-13-6-5-11-3-1-2-4-12(11)7-13/h1-7,9-10H,8H2,(H,17,18). The maximum Gasteiger partial charge on any atom is 0.230 e. The van der Waals surface area contributed by atoms with Gasteiger partial charge in [0.1, 0.15) is 0 Å². The van der Waals surface area contributed by atoms with E-state index in [4.69, 9.17) is 0 Å². The van der Waals surface area contributed by atoms with Gasteiger partial charge in [-0.3, -0.25) is 4.79 Å². The molecule has 0 saturated carbocycles. The highest BCUT2D eigenvalue weighted by Crippen LogP contribution is 2.19. The van der Waals surface area contributed by atoms with Gasteiger partial charge in [0, 0.05) is 11.1 Å². The molecule has 0 bridgehead atoms. The van der Waals surface area contributed by atoms with E-state index in [2.05, 4.69) is 16.4 Å². The number of rotatable bonds is 3. The van der Waals surface area contributed by atoms with Gasteiger partial charge in [-0.05, 0) is 22.9 Å². The van der Waals surface area contributed by atoms with E-state index in [9.17, 15) is 4.79 Å². The summed E-state index contributed by atoms with van der Waals surface area (Å²) < 4.78 is 0. The number of thiazole rings is 1. The summed E-state index contributed by atoms with van der Waals surface area (Å²) in [5.41, 5.74) is 3.36. The number of benzene rings is 2. The molecule has 4 heteroatoms. The zero-order valence-corrected chi connectivity index (χ0v) is 11.0. The molecule has 1 aromatic heterocycles. The summed E-state index contributed by atoms with van der Waals surface area (Å²) in [6, 6.07) is 14.0. The molecule has 0 unspecified atom stereocenters. The number of aromatic nitrogens is 1. The van der Waals surface area contributed by atoms with Crippen LogP contribution in [0, 0.1) is 0 Å². The van der Waals surface area contributed by atoms with Crippen molar-refractivity contribution in [2.45, 2.75) is 6.42 Å². The van der Waals surface area contributed by atoms with E-state index in [1.54, 1.807) is 5.51 Å². The number of hydrogen-bond donors (Lipinski definition) is 1. The van der Waals surface area contributed by atoms with Gasteiger partial charge in [0.25, 0.3) is 0 Å². The second-order valence-electron chi connectivity index (χ2n) is 4.27. The number of hydrogen-bond acceptors (Lipinski definition) is 3. The minimum absolute atomic E-state index is 0.0406. The zero-order valence-electron chi connectivity index (χ0n) is 10.2. The Morgan fingerprint density at radius 1 is 1.16 bits per heavy atom. The van der Waals surface area contributed by atoms with Crippen LogP contribution in [0.2, 0.25) is 0 Å². The van der Waals surface area contributed by atoms with Crippen LogP contribution < -0.4 is 5.32 Å². The lowest BCUT2D eigenvalue weighted by molar-refractivity contribution is -0.115. The highest BCUT2D eigenvalue weighted by molar-refractivity contribution is 7.07. The van der Waals surface area contributed by atoms with Crippen LogP contribution in [0.5, 0.6) is 0 Å². The number of nitrogens with zero attached hydrogens (tertiary/aromatic N) is 1. The van der Waals surface area contributed by atoms with E-state index in [1.165, 1.54) is 16.7 Å². The van der Waals surface area contributed by atoms with E-state index in [-0.39, 0.29) is 5.91 Å². The van der Waals surface area contributed by atoms with Gasteiger partial charge in [0.15, 0.2) is 0 Å². The molecule has 0 fully saturated rings. The molecule has 0 atom stereocenters. The average Bonchev–Trinajstić information content (AvgIpc) is 2.91. The molecule has 0 radical (unpaired) electrons. The molecule has 19 heavy (non-hydrogen) atoms. The number of fused-ring (bicyclic) bond motifs is 1. The van der Waals surface area contributed by atoms with Crippen molar-refractivity contribution in [2.75, 3.05) is 5.32 Å². The first-order valence-corrected chi connectivity index (χ1v) is 6.91. The summed E-state index contributed by atoms with van der Waals surface area (Å²) in [5, 5.41) is 7.07. The third-order valence-electron chi connectivity index (χ3n) is 2.86. The lowest BCUT2D eigenvalue weighted by atomic mass is 10.1. The Kier molecular flexibility index (Phi) is 3.25. The van der Waals surface area contributed by atoms with Crippen molar-refractivity contribution in [3.05, 3.63) is 59.0 Å². The molecule has 1 N–H and O–H groups in total. The molecule has 3 nitrogen and oxygen atoms in total. The Morgan fingerprint density at radius 3 is 2.79 bits per heavy atom. The average molecular weight is 268 g/mol. The lowest BCUT2D eigenvalue weighted by Gasteiger charge is -2.05. The van der Waals surface area contributed by atoms with Gasteiger partial charge < -0.3 is 5.32 Å². The van der Waals surface area contributed by atoms with Crippen LogP contribution in [0.4, 0.5) is 5.69 Å². The number of carbonyl (C=O) groups excluding carboxylic acids is 1. The normalized spacial score (nSPS) is 10.5. The second-order valence-corrected chi connectivity index (χ2v) is 4.99. The van der Waals surface area contributed by atoms with Crippen molar-refractivity contribution in [3.8, 4) is 0 Å². The first-order valence-electron chi connectivity index (χ1n) is 5.97. The van der Waals surface area contributed by atoms with Crippen LogP contribution in [0.25, 0.3) is 10.8 Å². The van der Waals surface area contributed by atoms with E-state index in [0.717, 1.165) is 16.8 Å². The summed E-state index contributed by atoms with van der Waals surface area (Å²) >= 11 is 1.50. The minimum atomic E-state index is -0.0406. The summed E-state index contributed by atoms with van der Waals surface area (Å²) in [7, 11) is 0. The van der Waals surface area contributed by atoms with Crippen molar-refractivity contribution in [1.29, 1.82) is 0 Å². The Labute approximate surface area is 114 Å². The van der Waals surface area contributed by atoms with Crippen LogP contribution >= 0.6 is 11.3 Å². The fraction of sp³-hybridized carbons (Fsp3) is 0.0667. The van der Waals surface area contributed by atoms with Crippen LogP contribution in [-0.2, 0) is 11.2 Å². The molecule has 0 aliphatic carbocycles. The topological polar surface area (TPSA) is 42.0 Å². The van der Waals surface area contributed by atoms with Crippen molar-refractivity contribution < 1.29 is 4.79 Å². The second kappa shape index (κ2) is 5.20. The molecule has 2 aromatic carbocycles. The summed E-state index contributed by atoms with van der Waals surface area (Å²) in [6.45, 7) is 0. The molecule has 94 valence electrons. The minimum Gasteiger partial charge on any atom is -0.326 e. The van der Waals surface area contributed by atoms with Gasteiger partial charge in [0.05, 0.1) is 17.6 Å². The van der Waals surface area contributed by atoms with E-state index in [1.807, 2.05) is 41.8 Å². The molecule has 1 amide bonds. The van der Waals surface area contributed by atoms with Crippen molar-refractivity contribution in [2.24, 2.45) is 0 Å². The van der Waals surface area contributed by atoms with E-state index >= 15 is 0 Å². The monoisotopic (exact) mass is 268 g/mol. The van der Waals surface area contributed by atoms with Crippen LogP contribution in [-0.4, -0.2) is 10.9 Å². The van der Waals surface area contributed by atoms with Gasteiger partial charge in [-0.1, -0.05) is 30.3 Å². The Bertz CT molecular complexity index is 707. The smallest absolute Gasteiger partial charge is 0.230 e. The first kappa shape index (κ1) is 11.9. The Balaban J connectivity index is 1.75. The summed E-state index contributed by atoms with van der Waals surface area (Å²) in [4.78, 5) is 16.0. The molecule has 0 aliphatic rings. The Hall–Kier alpha value is -2.20. The zero-order chi connectivity index (χ0) is 13.1. The molecule has 1 heterocycles. The van der Waals surface area contributed by atoms with E-state index < -0.39 is 0 Å². The van der Waals surface area contributed by atoms with Crippen molar-refractivity contribution >= 4 is 33.7 Å². The number of anilines is 1. The van der Waals surface area contributed by atoms with Crippen molar-refractivity contribution in [1.82, 2.24) is 4.98 Å². The largest absolute Gasteiger partial charge is 0.326 e. The van der Waals surface area contributed by atoms with E-state index in [0.29, 0.717) is 6.42 Å². The highest BCUT2D eigenvalue weighted by atomic mass is 32.1. The predicted molar refractivity (Wildman–Crippen MR) is 78.4 cm³/mol. The van der Waals surface area contributed by atoms with Crippen molar-refractivity contribution in [3.63, 3.8) is 0 Å². The molecule has 3 aromatic rings. The number of nitrogens with one attached hydrogen (secondary N) is 1. The van der Waals surface area contributed by atoms with Gasteiger partial charge in [-0.25, -0.2) is 4.98 Å². The van der Waals surface area contributed by atoms with Gasteiger partial charge in [-0.2, -0.15) is 0 Å². The van der Waals surface area contributed by atoms with Gasteiger partial charge in [0.2, 0.25) is 5.91 Å². The quantitative estimate of drug-likeness (QED) is 0.790. The van der Waals surface area contributed by atoms with Crippen LogP contribution in [0.15, 0.2) is 53.4 Å². The first-order chi connectivity index (χ1) is 9.31. The van der Waals surface area contributed by atoms with Crippen LogP contribution in [0.3, 0.4) is 0 Å². The molecular formula is C15H12N2OS. The molecule has 3 rings (SSSR count). The summed E-state index contributed by atoms with van der Waals surface area (Å²) in [5.74, 6) is -0.0406. The highest BCUT2D eigenvalue weighted by Gasteiger charge is 2.05. The predicted octanol–water partition coefficient (Wildman–Crippen LogP) is 3.48. The SMILES string of the molecule is O=C(Cc1cscn1)Nc1ccc2ccccc2c1. The maximum absolute atomic E-state index is 11.9. The van der Waals surface area contributed by atoms with Crippen LogP contribution in [0.1, 0.15) is 5.69 Å². The molecular weight excluding hydrogens is 256 g/mol. The molecule has 0 spiro atoms. The number of amides is 1.